The lowest BCUT2D eigenvalue weighted by Gasteiger charge is -2.31. The molecule has 54 heavy (non-hydrogen) atoms. The monoisotopic (exact) mass is 774 g/mol. The molecule has 10 atom stereocenters. The predicted molar refractivity (Wildman–Crippen MR) is 191 cm³/mol. The van der Waals surface area contributed by atoms with Gasteiger partial charge in [-0.25, -0.2) is 0 Å². The Bertz CT molecular complexity index is 1820. The molecule has 1 aromatic heterocycles. The SMILES string of the molecule is C[C@@H]1NC(=O)[C@H](C[C@@](C)(O)CO)NC(=O)[C@H]2NC(=O)[C@H](C)NC(=O)[C@@H]3C[C@H](O)CN3C(=O)[C@@H](CSc3[nH]c4ccccc4c32)NC(=O)[C@H]([C@@H](C)O)NC1=O. The van der Waals surface area contributed by atoms with Crippen LogP contribution in [-0.4, -0.2) is 145 Å². The number of aliphatic hydroxyl groups is 4. The number of aromatic nitrogens is 1. The summed E-state index contributed by atoms with van der Waals surface area (Å²) in [4.78, 5) is 101. The van der Waals surface area contributed by atoms with Gasteiger partial charge in [-0.15, -0.1) is 11.8 Å². The second kappa shape index (κ2) is 16.3. The highest BCUT2D eigenvalue weighted by molar-refractivity contribution is 7.99. The van der Waals surface area contributed by atoms with Crippen molar-refractivity contribution in [1.29, 1.82) is 0 Å². The number of aliphatic hydroxyl groups excluding tert-OH is 3. The molecule has 2 bridgehead atoms. The number of thioether (sulfide) groups is 1. The van der Waals surface area contributed by atoms with Gasteiger partial charge in [-0.2, -0.15) is 0 Å². The molecule has 3 aliphatic rings. The molecule has 4 heterocycles. The minimum absolute atomic E-state index is 0.179. The average Bonchev–Trinajstić information content (AvgIpc) is 3.69. The van der Waals surface area contributed by atoms with Gasteiger partial charge in [0, 0.05) is 41.6 Å². The number of nitrogens with zero attached hydrogens (tertiary/aromatic N) is 1. The van der Waals surface area contributed by atoms with Crippen LogP contribution < -0.4 is 31.9 Å². The Morgan fingerprint density at radius 3 is 2.19 bits per heavy atom. The molecule has 0 saturated carbocycles. The van der Waals surface area contributed by atoms with Gasteiger partial charge in [0.1, 0.15) is 42.3 Å². The molecular formula is C34H46N8O11S. The van der Waals surface area contributed by atoms with Gasteiger partial charge in [-0.3, -0.25) is 33.6 Å². The number of rotatable bonds is 4. The molecule has 5 rings (SSSR count). The van der Waals surface area contributed by atoms with Crippen molar-refractivity contribution in [3.63, 3.8) is 0 Å². The van der Waals surface area contributed by atoms with E-state index in [-0.39, 0.29) is 29.3 Å². The summed E-state index contributed by atoms with van der Waals surface area (Å²) in [5.74, 6) is -6.47. The van der Waals surface area contributed by atoms with Gasteiger partial charge >= 0.3 is 0 Å². The van der Waals surface area contributed by atoms with Crippen LogP contribution in [0.15, 0.2) is 29.3 Å². The maximum Gasteiger partial charge on any atom is 0.248 e. The van der Waals surface area contributed by atoms with E-state index in [9.17, 15) is 54.0 Å². The topological polar surface area (TPSA) is 292 Å². The Kier molecular flexibility index (Phi) is 12.2. The lowest BCUT2D eigenvalue weighted by Crippen LogP contribution is -2.61. The summed E-state index contributed by atoms with van der Waals surface area (Å²) in [6.07, 6.45) is -3.36. The van der Waals surface area contributed by atoms with E-state index in [0.717, 1.165) is 16.7 Å². The highest BCUT2D eigenvalue weighted by Gasteiger charge is 2.44. The number of carbonyl (C=O) groups excluding carboxylic acids is 7. The summed E-state index contributed by atoms with van der Waals surface area (Å²) < 4.78 is 0. The molecular weight excluding hydrogens is 728 g/mol. The van der Waals surface area contributed by atoms with Crippen molar-refractivity contribution in [3.05, 3.63) is 29.8 Å². The third kappa shape index (κ3) is 8.78. The van der Waals surface area contributed by atoms with Gasteiger partial charge in [0.15, 0.2) is 0 Å². The van der Waals surface area contributed by atoms with Crippen LogP contribution in [0.4, 0.5) is 0 Å². The van der Waals surface area contributed by atoms with Crippen LogP contribution in [0.1, 0.15) is 52.1 Å². The smallest absolute Gasteiger partial charge is 0.248 e. The van der Waals surface area contributed by atoms with Gasteiger partial charge in [-0.1, -0.05) is 18.2 Å². The van der Waals surface area contributed by atoms with Crippen LogP contribution in [0.25, 0.3) is 10.9 Å². The first kappa shape index (κ1) is 40.4. The molecule has 1 saturated heterocycles. The standard InChI is InChI=1S/C34H46N8O11S/c1-14-26(46)40-24(16(3)44)30(50)38-21-12-54-32-23(18-7-5-6-8-19(18)39-32)25(31(51)37-20(28(48)35-14)10-34(4,53)13-43)41-27(47)15(2)36-29(49)22-9-17(45)11-42(22)33(21)52/h5-8,14-17,20-22,24-25,39,43-45,53H,9-13H2,1-4H3,(H,35,48)(H,36,49)(H,37,51)(H,38,50)(H,40,46)(H,41,47)/t14-,15-,16+,17-,20-,21+,22-,24-,25-,34+/m0/s1. The number of para-hydroxylation sites is 1. The van der Waals surface area contributed by atoms with Gasteiger partial charge in [0.2, 0.25) is 41.4 Å². The quantitative estimate of drug-likeness (QED) is 0.144. The lowest BCUT2D eigenvalue weighted by molar-refractivity contribution is -0.142. The number of nitrogens with one attached hydrogen (secondary N) is 7. The number of H-pyrrole nitrogens is 1. The van der Waals surface area contributed by atoms with E-state index >= 15 is 0 Å². The Hall–Kier alpha value is -4.76. The first-order valence-corrected chi connectivity index (χ1v) is 18.4. The maximum absolute atomic E-state index is 14.4. The zero-order chi connectivity index (χ0) is 39.6. The highest BCUT2D eigenvalue weighted by Crippen LogP contribution is 2.36. The van der Waals surface area contributed by atoms with E-state index in [4.69, 9.17) is 0 Å². The van der Waals surface area contributed by atoms with Gasteiger partial charge < -0.3 is 62.2 Å². The average molecular weight is 775 g/mol. The number of carbonyl (C=O) groups is 7. The molecule has 294 valence electrons. The molecule has 0 unspecified atom stereocenters. The summed E-state index contributed by atoms with van der Waals surface area (Å²) in [5, 5.41) is 57.7. The minimum atomic E-state index is -1.91. The summed E-state index contributed by atoms with van der Waals surface area (Å²) in [6, 6.07) is -3.42. The number of hydrogen-bond donors (Lipinski definition) is 11. The first-order chi connectivity index (χ1) is 25.4. The molecule has 11 N–H and O–H groups in total. The van der Waals surface area contributed by atoms with Crippen molar-refractivity contribution in [3.8, 4) is 0 Å². The second-order valence-corrected chi connectivity index (χ2v) is 15.3. The van der Waals surface area contributed by atoms with Gasteiger partial charge in [0.05, 0.1) is 29.4 Å². The van der Waals surface area contributed by atoms with Crippen molar-refractivity contribution in [2.45, 2.75) is 106 Å². The summed E-state index contributed by atoms with van der Waals surface area (Å²) in [5.41, 5.74) is -1.20. The predicted octanol–water partition coefficient (Wildman–Crippen LogP) is -3.62. The normalized spacial score (nSPS) is 30.9. The van der Waals surface area contributed by atoms with Crippen molar-refractivity contribution < 1.29 is 54.0 Å². The second-order valence-electron chi connectivity index (χ2n) is 14.2. The van der Waals surface area contributed by atoms with Crippen LogP contribution in [0, 0.1) is 0 Å². The Labute approximate surface area is 313 Å². The number of amides is 7. The van der Waals surface area contributed by atoms with E-state index in [1.165, 1.54) is 27.7 Å². The molecule has 20 heteroatoms. The van der Waals surface area contributed by atoms with E-state index in [1.54, 1.807) is 24.3 Å². The van der Waals surface area contributed by atoms with Crippen LogP contribution >= 0.6 is 11.8 Å². The molecule has 19 nitrogen and oxygen atoms in total. The Morgan fingerprint density at radius 2 is 1.52 bits per heavy atom. The molecule has 0 radical (unpaired) electrons. The number of benzene rings is 1. The van der Waals surface area contributed by atoms with Gasteiger partial charge in [0.25, 0.3) is 0 Å². The first-order valence-electron chi connectivity index (χ1n) is 17.5. The molecule has 1 fully saturated rings. The molecule has 0 spiro atoms. The van der Waals surface area contributed by atoms with Crippen molar-refractivity contribution >= 4 is 64.0 Å². The lowest BCUT2D eigenvalue weighted by atomic mass is 9.96. The minimum Gasteiger partial charge on any atom is -0.393 e. The van der Waals surface area contributed by atoms with Crippen LogP contribution in [0.5, 0.6) is 0 Å². The molecule has 1 aromatic carbocycles. The summed E-state index contributed by atoms with van der Waals surface area (Å²) in [7, 11) is 0. The zero-order valence-corrected chi connectivity index (χ0v) is 30.9. The Morgan fingerprint density at radius 1 is 0.870 bits per heavy atom. The van der Waals surface area contributed by atoms with Crippen LogP contribution in [0.2, 0.25) is 0 Å². The highest BCUT2D eigenvalue weighted by atomic mass is 32.2. The summed E-state index contributed by atoms with van der Waals surface area (Å²) >= 11 is 0.983. The number of fused-ring (bicyclic) bond motifs is 4. The number of hydrogen-bond acceptors (Lipinski definition) is 12. The fraction of sp³-hybridized carbons (Fsp3) is 0.559. The zero-order valence-electron chi connectivity index (χ0n) is 30.0. The molecule has 3 aliphatic heterocycles. The fourth-order valence-corrected chi connectivity index (χ4v) is 7.72. The molecule has 0 aliphatic carbocycles. The Balaban J connectivity index is 1.72. The number of aromatic amines is 1. The fourth-order valence-electron chi connectivity index (χ4n) is 6.59. The van der Waals surface area contributed by atoms with E-state index < -0.39 is 114 Å². The largest absolute Gasteiger partial charge is 0.393 e. The van der Waals surface area contributed by atoms with E-state index in [1.807, 2.05) is 0 Å². The van der Waals surface area contributed by atoms with Crippen molar-refractivity contribution in [2.75, 3.05) is 18.9 Å². The van der Waals surface area contributed by atoms with Crippen molar-refractivity contribution in [2.24, 2.45) is 0 Å². The summed E-state index contributed by atoms with van der Waals surface area (Å²) in [6.45, 7) is 3.99. The third-order valence-corrected chi connectivity index (χ3v) is 10.7. The maximum atomic E-state index is 14.4. The third-order valence-electron chi connectivity index (χ3n) is 9.61. The molecule has 7 amide bonds. The van der Waals surface area contributed by atoms with E-state index in [2.05, 4.69) is 36.9 Å². The van der Waals surface area contributed by atoms with E-state index in [0.29, 0.717) is 10.9 Å². The van der Waals surface area contributed by atoms with Crippen LogP contribution in [0.3, 0.4) is 0 Å². The van der Waals surface area contributed by atoms with Gasteiger partial charge in [-0.05, 0) is 33.8 Å². The van der Waals surface area contributed by atoms with Crippen LogP contribution in [-0.2, 0) is 33.6 Å². The molecule has 2 aromatic rings. The van der Waals surface area contributed by atoms with Crippen molar-refractivity contribution in [1.82, 2.24) is 41.8 Å².